The fourth-order valence-corrected chi connectivity index (χ4v) is 4.67. The highest BCUT2D eigenvalue weighted by atomic mass is 19.1. The lowest BCUT2D eigenvalue weighted by atomic mass is 10.1. The molecule has 0 spiro atoms. The molecule has 0 saturated carbocycles. The molecule has 0 radical (unpaired) electrons. The number of aromatic amines is 1. The van der Waals surface area contributed by atoms with E-state index in [9.17, 15) is 4.39 Å². The van der Waals surface area contributed by atoms with Crippen LogP contribution in [-0.2, 0) is 6.54 Å². The molecular weight excluding hydrogens is 459 g/mol. The summed E-state index contributed by atoms with van der Waals surface area (Å²) in [4.78, 5) is 27.7. The molecule has 10 nitrogen and oxygen atoms in total. The van der Waals surface area contributed by atoms with Crippen molar-refractivity contribution in [3.8, 4) is 0 Å². The van der Waals surface area contributed by atoms with Crippen LogP contribution in [0.15, 0.2) is 55.2 Å². The van der Waals surface area contributed by atoms with Crippen LogP contribution in [0.2, 0.25) is 0 Å². The van der Waals surface area contributed by atoms with Gasteiger partial charge < -0.3 is 20.5 Å². The van der Waals surface area contributed by atoms with Crippen LogP contribution in [0.5, 0.6) is 0 Å². The third kappa shape index (κ3) is 4.82. The number of aromatic nitrogens is 7. The van der Waals surface area contributed by atoms with Crippen molar-refractivity contribution in [3.05, 3.63) is 66.6 Å². The van der Waals surface area contributed by atoms with E-state index in [4.69, 9.17) is 4.98 Å². The van der Waals surface area contributed by atoms with Gasteiger partial charge in [-0.3, -0.25) is 9.55 Å². The van der Waals surface area contributed by atoms with Crippen molar-refractivity contribution >= 4 is 34.1 Å². The Morgan fingerprint density at radius 1 is 1.00 bits per heavy atom. The van der Waals surface area contributed by atoms with Gasteiger partial charge in [0, 0.05) is 38.4 Å². The van der Waals surface area contributed by atoms with Crippen LogP contribution in [0, 0.1) is 5.82 Å². The molecule has 4 aromatic heterocycles. The minimum absolute atomic E-state index is 0.244. The van der Waals surface area contributed by atoms with E-state index in [0.29, 0.717) is 12.6 Å². The van der Waals surface area contributed by atoms with Gasteiger partial charge in [-0.25, -0.2) is 24.3 Å². The molecule has 5 aromatic rings. The summed E-state index contributed by atoms with van der Waals surface area (Å²) in [5.74, 6) is 1.30. The van der Waals surface area contributed by atoms with Crippen molar-refractivity contribution in [1.29, 1.82) is 0 Å². The number of rotatable bonds is 8. The Morgan fingerprint density at radius 3 is 2.67 bits per heavy atom. The molecule has 1 aliphatic rings. The van der Waals surface area contributed by atoms with E-state index < -0.39 is 0 Å². The summed E-state index contributed by atoms with van der Waals surface area (Å²) in [5, 5.41) is 7.01. The first-order chi connectivity index (χ1) is 17.7. The predicted octanol–water partition coefficient (Wildman–Crippen LogP) is 3.27. The average molecular weight is 487 g/mol. The Labute approximate surface area is 207 Å². The first-order valence-electron chi connectivity index (χ1n) is 12.1. The monoisotopic (exact) mass is 486 g/mol. The zero-order valence-electron chi connectivity index (χ0n) is 19.7. The molecule has 184 valence electrons. The Hall–Kier alpha value is -4.12. The van der Waals surface area contributed by atoms with Crippen LogP contribution in [0.25, 0.3) is 22.2 Å². The summed E-state index contributed by atoms with van der Waals surface area (Å²) in [7, 11) is 0. The lowest BCUT2D eigenvalue weighted by molar-refractivity contribution is 0.226. The number of nitrogens with one attached hydrogen (secondary N) is 3. The van der Waals surface area contributed by atoms with E-state index in [1.54, 1.807) is 30.7 Å². The van der Waals surface area contributed by atoms with Crippen LogP contribution in [0.4, 0.5) is 16.3 Å². The van der Waals surface area contributed by atoms with Gasteiger partial charge >= 0.3 is 0 Å². The Balaban J connectivity index is 1.05. The standard InChI is InChI=1S/C25H27FN10/c26-18-3-1-17(2-4-18)15-36-23-22(14-28-16-30-23)34-25(36)31-19-6-10-35(11-7-19)12-9-29-24-32-20-5-8-27-13-21(20)33-24/h1-5,8,13-14,16,19H,6-7,9-12,15H2,(H,31,34)(H2,29,32,33). The number of benzene rings is 1. The normalized spacial score (nSPS) is 15.0. The maximum atomic E-state index is 13.4. The minimum Gasteiger partial charge on any atom is -0.355 e. The third-order valence-corrected chi connectivity index (χ3v) is 6.59. The molecule has 1 aliphatic heterocycles. The molecule has 3 N–H and O–H groups in total. The number of piperidine rings is 1. The first-order valence-corrected chi connectivity index (χ1v) is 12.1. The number of halogens is 1. The smallest absolute Gasteiger partial charge is 0.205 e. The number of H-pyrrole nitrogens is 1. The highest BCUT2D eigenvalue weighted by molar-refractivity contribution is 5.76. The highest BCUT2D eigenvalue weighted by Crippen LogP contribution is 2.22. The predicted molar refractivity (Wildman–Crippen MR) is 136 cm³/mol. The van der Waals surface area contributed by atoms with Gasteiger partial charge in [0.25, 0.3) is 0 Å². The van der Waals surface area contributed by atoms with Crippen molar-refractivity contribution in [2.75, 3.05) is 36.8 Å². The molecular formula is C25H27FN10. The fourth-order valence-electron chi connectivity index (χ4n) is 4.67. The van der Waals surface area contributed by atoms with Gasteiger partial charge in [-0.2, -0.15) is 0 Å². The highest BCUT2D eigenvalue weighted by Gasteiger charge is 2.22. The van der Waals surface area contributed by atoms with Crippen LogP contribution >= 0.6 is 0 Å². The summed E-state index contributed by atoms with van der Waals surface area (Å²) >= 11 is 0. The van der Waals surface area contributed by atoms with Crippen molar-refractivity contribution in [2.45, 2.75) is 25.4 Å². The van der Waals surface area contributed by atoms with Gasteiger partial charge in [0.2, 0.25) is 11.9 Å². The molecule has 0 bridgehead atoms. The lowest BCUT2D eigenvalue weighted by Gasteiger charge is -2.32. The van der Waals surface area contributed by atoms with Gasteiger partial charge in [0.05, 0.1) is 24.5 Å². The zero-order valence-corrected chi connectivity index (χ0v) is 19.7. The molecule has 36 heavy (non-hydrogen) atoms. The van der Waals surface area contributed by atoms with E-state index in [0.717, 1.165) is 78.7 Å². The second-order valence-electron chi connectivity index (χ2n) is 9.04. The summed E-state index contributed by atoms with van der Waals surface area (Å²) in [5.41, 5.74) is 4.34. The van der Waals surface area contributed by atoms with Crippen molar-refractivity contribution in [2.24, 2.45) is 0 Å². The largest absolute Gasteiger partial charge is 0.355 e. The van der Waals surface area contributed by atoms with Crippen molar-refractivity contribution < 1.29 is 4.39 Å². The van der Waals surface area contributed by atoms with Crippen LogP contribution < -0.4 is 10.6 Å². The van der Waals surface area contributed by atoms with Gasteiger partial charge in [-0.1, -0.05) is 12.1 Å². The number of likely N-dealkylation sites (tertiary alicyclic amines) is 1. The van der Waals surface area contributed by atoms with Crippen LogP contribution in [0.1, 0.15) is 18.4 Å². The quantitative estimate of drug-likeness (QED) is 0.306. The van der Waals surface area contributed by atoms with Gasteiger partial charge in [-0.05, 0) is 36.6 Å². The van der Waals surface area contributed by atoms with Crippen LogP contribution in [-0.4, -0.2) is 71.6 Å². The molecule has 5 heterocycles. The summed E-state index contributed by atoms with van der Waals surface area (Å²) in [6.07, 6.45) is 8.80. The van der Waals surface area contributed by atoms with E-state index in [1.807, 2.05) is 10.6 Å². The topological polar surface area (TPSA) is 112 Å². The van der Waals surface area contributed by atoms with E-state index in [2.05, 4.69) is 40.5 Å². The second kappa shape index (κ2) is 9.86. The molecule has 0 amide bonds. The molecule has 11 heteroatoms. The van der Waals surface area contributed by atoms with Gasteiger partial charge in [-0.15, -0.1) is 0 Å². The summed E-state index contributed by atoms with van der Waals surface area (Å²) in [6, 6.07) is 8.78. The maximum Gasteiger partial charge on any atom is 0.205 e. The number of hydrogen-bond acceptors (Lipinski definition) is 8. The summed E-state index contributed by atoms with van der Waals surface area (Å²) < 4.78 is 15.4. The molecule has 0 unspecified atom stereocenters. The molecule has 0 atom stereocenters. The number of nitrogens with zero attached hydrogens (tertiary/aromatic N) is 7. The Morgan fingerprint density at radius 2 is 1.83 bits per heavy atom. The molecule has 1 aromatic carbocycles. The van der Waals surface area contributed by atoms with Gasteiger partial charge in [0.15, 0.2) is 5.65 Å². The van der Waals surface area contributed by atoms with Gasteiger partial charge in [0.1, 0.15) is 23.2 Å². The third-order valence-electron chi connectivity index (χ3n) is 6.59. The molecule has 1 saturated heterocycles. The van der Waals surface area contributed by atoms with Crippen molar-refractivity contribution in [1.82, 2.24) is 39.4 Å². The molecule has 6 rings (SSSR count). The number of fused-ring (bicyclic) bond motifs is 2. The molecule has 1 fully saturated rings. The first kappa shape index (κ1) is 22.4. The zero-order chi connectivity index (χ0) is 24.3. The fraction of sp³-hybridized carbons (Fsp3) is 0.320. The number of imidazole rings is 2. The lowest BCUT2D eigenvalue weighted by Crippen LogP contribution is -2.41. The Kier molecular flexibility index (Phi) is 6.12. The minimum atomic E-state index is -0.244. The SMILES string of the molecule is Fc1ccc(Cn2c(NC3CCN(CCNc4nc5cnccc5[nH]4)CC3)nc3cncnc32)cc1. The summed E-state index contributed by atoms with van der Waals surface area (Å²) in [6.45, 7) is 4.32. The van der Waals surface area contributed by atoms with E-state index >= 15 is 0 Å². The second-order valence-corrected chi connectivity index (χ2v) is 9.04. The van der Waals surface area contributed by atoms with Crippen molar-refractivity contribution in [3.63, 3.8) is 0 Å². The number of anilines is 2. The van der Waals surface area contributed by atoms with Crippen LogP contribution in [0.3, 0.4) is 0 Å². The number of pyridine rings is 1. The van der Waals surface area contributed by atoms with E-state index in [1.165, 1.54) is 18.5 Å². The Bertz CT molecular complexity index is 1420. The number of hydrogen-bond donors (Lipinski definition) is 3. The molecule has 0 aliphatic carbocycles. The average Bonchev–Trinajstić information content (AvgIpc) is 3.47. The maximum absolute atomic E-state index is 13.4. The van der Waals surface area contributed by atoms with E-state index in [-0.39, 0.29) is 5.82 Å².